The fourth-order valence-corrected chi connectivity index (χ4v) is 9.52. The second kappa shape index (κ2) is 21.8. The monoisotopic (exact) mass is 950 g/mol. The lowest BCUT2D eigenvalue weighted by Crippen LogP contribution is -2.46. The van der Waals surface area contributed by atoms with Gasteiger partial charge in [-0.15, -0.1) is 0 Å². The molecule has 2 aromatic heterocycles. The summed E-state index contributed by atoms with van der Waals surface area (Å²) in [5.74, 6) is -0.826. The summed E-state index contributed by atoms with van der Waals surface area (Å²) in [6.45, 7) is 6.88. The molecule has 0 radical (unpaired) electrons. The standard InChI is InChI=1S/C30H53N10O17P3S/c1-29(2,25(44)28(45)35-5-4-20(41)34-9-13-61-15-21(42)33-8-12-39-10-6-32-7-11-39)16-54-60(51,52)57-59(49,50)53-14-19-23(56-58(46,47)48)24(43)30(3,55-19)40-18-38-22-26(31)36-17-37-27(22)40/h17-19,23-25,32,43-44H,4-16H2,1-3H3,(H,33,42)(H,34,41)(H,35,45)(H,49,50)(H,51,52)(H2,31,36,37)(H2,46,47,48). The molecule has 7 atom stereocenters. The summed E-state index contributed by atoms with van der Waals surface area (Å²) in [6.07, 6.45) is -5.47. The number of nitrogen functional groups attached to an aromatic ring is 1. The molecule has 0 aromatic carbocycles. The Morgan fingerprint density at radius 2 is 1.70 bits per heavy atom. The predicted molar refractivity (Wildman–Crippen MR) is 214 cm³/mol. The lowest BCUT2D eigenvalue weighted by atomic mass is 9.87. The van der Waals surface area contributed by atoms with Gasteiger partial charge in [0.1, 0.15) is 36.3 Å². The Labute approximate surface area is 353 Å². The molecule has 2 saturated heterocycles. The minimum atomic E-state index is -5.59. The van der Waals surface area contributed by atoms with E-state index in [1.54, 1.807) is 0 Å². The smallest absolute Gasteiger partial charge is 0.385 e. The van der Waals surface area contributed by atoms with Gasteiger partial charge in [0.2, 0.25) is 17.7 Å². The maximum atomic E-state index is 12.8. The van der Waals surface area contributed by atoms with E-state index in [0.717, 1.165) is 49.9 Å². The number of nitrogens with zero attached hydrogens (tertiary/aromatic N) is 5. The van der Waals surface area contributed by atoms with Crippen LogP contribution in [-0.2, 0) is 56.4 Å². The van der Waals surface area contributed by atoms with E-state index in [-0.39, 0.29) is 48.2 Å². The molecule has 3 amide bonds. The van der Waals surface area contributed by atoms with E-state index in [9.17, 15) is 57.9 Å². The Morgan fingerprint density at radius 1 is 1.03 bits per heavy atom. The third kappa shape index (κ3) is 15.2. The first-order valence-electron chi connectivity index (χ1n) is 18.6. The molecule has 2 aliphatic heterocycles. The van der Waals surface area contributed by atoms with E-state index >= 15 is 0 Å². The third-order valence-corrected chi connectivity index (χ3v) is 13.4. The number of fused-ring (bicyclic) bond motifs is 1. The molecule has 7 unspecified atom stereocenters. The van der Waals surface area contributed by atoms with Crippen molar-refractivity contribution in [1.29, 1.82) is 0 Å². The van der Waals surface area contributed by atoms with Crippen LogP contribution in [0.15, 0.2) is 12.7 Å². The van der Waals surface area contributed by atoms with E-state index in [1.165, 1.54) is 32.5 Å². The second-order valence-electron chi connectivity index (χ2n) is 14.6. The van der Waals surface area contributed by atoms with E-state index in [0.29, 0.717) is 12.3 Å². The van der Waals surface area contributed by atoms with Crippen LogP contribution in [-0.4, -0.2) is 173 Å². The number of carbonyl (C=O) groups is 3. The fourth-order valence-electron chi connectivity index (χ4n) is 6.02. The van der Waals surface area contributed by atoms with Gasteiger partial charge in [0.05, 0.1) is 25.3 Å². The largest absolute Gasteiger partial charge is 0.481 e. The van der Waals surface area contributed by atoms with Crippen LogP contribution in [0.3, 0.4) is 0 Å². The highest BCUT2D eigenvalue weighted by molar-refractivity contribution is 7.99. The summed E-state index contributed by atoms with van der Waals surface area (Å²) in [7, 11) is -16.5. The maximum absolute atomic E-state index is 12.8. The number of carbonyl (C=O) groups excluding carboxylic acids is 3. The number of phosphoric ester groups is 3. The van der Waals surface area contributed by atoms with Gasteiger partial charge in [0.25, 0.3) is 0 Å². The molecule has 12 N–H and O–H groups in total. The minimum absolute atomic E-state index is 0.0196. The Balaban J connectivity index is 1.18. The number of aromatic nitrogens is 4. The van der Waals surface area contributed by atoms with Crippen LogP contribution in [0.1, 0.15) is 27.2 Å². The molecule has 346 valence electrons. The van der Waals surface area contributed by atoms with Crippen molar-refractivity contribution in [1.82, 2.24) is 45.7 Å². The number of hydrogen-bond donors (Lipinski definition) is 11. The molecule has 27 nitrogen and oxygen atoms in total. The first kappa shape index (κ1) is 50.9. The quantitative estimate of drug-likeness (QED) is 0.0378. The number of nitrogens with one attached hydrogen (secondary N) is 4. The Bertz CT molecular complexity index is 1970. The summed E-state index contributed by atoms with van der Waals surface area (Å²) in [4.78, 5) is 90.6. The molecule has 0 aliphatic carbocycles. The zero-order valence-corrected chi connectivity index (χ0v) is 36.9. The number of amides is 3. The van der Waals surface area contributed by atoms with Gasteiger partial charge in [0.15, 0.2) is 17.2 Å². The van der Waals surface area contributed by atoms with Crippen molar-refractivity contribution < 1.29 is 80.5 Å². The minimum Gasteiger partial charge on any atom is -0.385 e. The highest BCUT2D eigenvalue weighted by Crippen LogP contribution is 2.61. The van der Waals surface area contributed by atoms with Crippen molar-refractivity contribution >= 4 is 69.9 Å². The summed E-state index contributed by atoms with van der Waals surface area (Å²) in [5, 5.41) is 32.9. The van der Waals surface area contributed by atoms with Crippen molar-refractivity contribution in [3.8, 4) is 0 Å². The summed E-state index contributed by atoms with van der Waals surface area (Å²) in [6, 6.07) is 0. The molecule has 2 aromatic rings. The summed E-state index contributed by atoms with van der Waals surface area (Å²) in [5.41, 5.74) is 2.31. The second-order valence-corrected chi connectivity index (χ2v) is 20.0. The summed E-state index contributed by atoms with van der Waals surface area (Å²) >= 11 is 1.34. The SMILES string of the molecule is CC(C)(COP(=O)(O)OP(=O)(O)OCC1OC(C)(n2cnc3c(N)ncnc32)C(O)C1OP(=O)(O)O)C(O)C(=O)NCCC(=O)NCCSCC(=O)NCCN1CCNCC1. The van der Waals surface area contributed by atoms with Gasteiger partial charge < -0.3 is 61.5 Å². The molecule has 4 rings (SSSR count). The van der Waals surface area contributed by atoms with E-state index in [2.05, 4.69) is 45.4 Å². The first-order chi connectivity index (χ1) is 28.4. The highest BCUT2D eigenvalue weighted by atomic mass is 32.2. The number of hydrogen-bond acceptors (Lipinski definition) is 20. The molecule has 2 aliphatic rings. The van der Waals surface area contributed by atoms with Crippen LogP contribution in [0.5, 0.6) is 0 Å². The van der Waals surface area contributed by atoms with Crippen molar-refractivity contribution in [3.63, 3.8) is 0 Å². The molecule has 31 heteroatoms. The van der Waals surface area contributed by atoms with Crippen LogP contribution < -0.4 is 27.0 Å². The third-order valence-electron chi connectivity index (χ3n) is 9.32. The molecule has 2 fully saturated rings. The van der Waals surface area contributed by atoms with Gasteiger partial charge in [-0.2, -0.15) is 16.1 Å². The van der Waals surface area contributed by atoms with E-state index < -0.39 is 84.1 Å². The number of imidazole rings is 1. The van der Waals surface area contributed by atoms with Gasteiger partial charge in [-0.05, 0) is 6.92 Å². The number of nitrogens with two attached hydrogens (primary N) is 1. The molecule has 0 spiro atoms. The molecule has 0 saturated carbocycles. The predicted octanol–water partition coefficient (Wildman–Crippen LogP) is -2.67. The van der Waals surface area contributed by atoms with Crippen molar-refractivity contribution in [2.45, 2.75) is 57.3 Å². The molecule has 61 heavy (non-hydrogen) atoms. The van der Waals surface area contributed by atoms with Crippen LogP contribution in [0.2, 0.25) is 0 Å². The fraction of sp³-hybridized carbons (Fsp3) is 0.733. The number of rotatable bonds is 24. The van der Waals surface area contributed by atoms with E-state index in [4.69, 9.17) is 24.0 Å². The Morgan fingerprint density at radius 3 is 2.39 bits per heavy atom. The number of aliphatic hydroxyl groups excluding tert-OH is 2. The molecule has 0 bridgehead atoms. The number of aliphatic hydroxyl groups is 2. The Kier molecular flexibility index (Phi) is 18.2. The van der Waals surface area contributed by atoms with Gasteiger partial charge >= 0.3 is 23.5 Å². The number of phosphoric acid groups is 3. The van der Waals surface area contributed by atoms with Crippen molar-refractivity contribution in [2.24, 2.45) is 5.41 Å². The highest BCUT2D eigenvalue weighted by Gasteiger charge is 2.57. The first-order valence-corrected chi connectivity index (χ1v) is 24.3. The number of piperazine rings is 1. The van der Waals surface area contributed by atoms with Crippen LogP contribution >= 0.6 is 35.2 Å². The van der Waals surface area contributed by atoms with Gasteiger partial charge in [-0.3, -0.25) is 37.4 Å². The lowest BCUT2D eigenvalue weighted by Gasteiger charge is -2.30. The van der Waals surface area contributed by atoms with Gasteiger partial charge in [-0.25, -0.2) is 28.6 Å². The van der Waals surface area contributed by atoms with Crippen molar-refractivity contribution in [2.75, 3.05) is 82.8 Å². The maximum Gasteiger partial charge on any atom is 0.481 e. The molecular weight excluding hydrogens is 897 g/mol. The zero-order valence-electron chi connectivity index (χ0n) is 33.4. The zero-order chi connectivity index (χ0) is 45.2. The normalized spacial score (nSPS) is 23.9. The average Bonchev–Trinajstić information content (AvgIpc) is 3.72. The van der Waals surface area contributed by atoms with Gasteiger partial charge in [0, 0.05) is 69.9 Å². The molecule has 4 heterocycles. The van der Waals surface area contributed by atoms with Crippen molar-refractivity contribution in [3.05, 3.63) is 12.7 Å². The lowest BCUT2D eigenvalue weighted by molar-refractivity contribution is -0.137. The van der Waals surface area contributed by atoms with Crippen LogP contribution in [0.25, 0.3) is 11.2 Å². The topological polar surface area (TPSA) is 391 Å². The average molecular weight is 951 g/mol. The van der Waals surface area contributed by atoms with Crippen LogP contribution in [0.4, 0.5) is 5.82 Å². The summed E-state index contributed by atoms with van der Waals surface area (Å²) < 4.78 is 62.8. The number of anilines is 1. The van der Waals surface area contributed by atoms with E-state index in [1.807, 2.05) is 0 Å². The van der Waals surface area contributed by atoms with Crippen LogP contribution in [0, 0.1) is 5.41 Å². The number of thioether (sulfide) groups is 1. The van der Waals surface area contributed by atoms with Gasteiger partial charge in [-0.1, -0.05) is 13.8 Å². The molecular formula is C30H53N10O17P3S. The Hall–Kier alpha value is -2.72. The number of ether oxygens (including phenoxy) is 1.